The summed E-state index contributed by atoms with van der Waals surface area (Å²) in [4.78, 5) is 0. The predicted molar refractivity (Wildman–Crippen MR) is 119 cm³/mol. The maximum atomic E-state index is 6.33. The minimum absolute atomic E-state index is 0.00562. The van der Waals surface area contributed by atoms with Gasteiger partial charge in [-0.3, -0.25) is 0 Å². The lowest BCUT2D eigenvalue weighted by atomic mass is 10.1. The van der Waals surface area contributed by atoms with E-state index in [1.807, 2.05) is 13.8 Å². The van der Waals surface area contributed by atoms with Gasteiger partial charge in [0, 0.05) is 0 Å². The van der Waals surface area contributed by atoms with Gasteiger partial charge in [-0.25, -0.2) is 0 Å². The van der Waals surface area contributed by atoms with Gasteiger partial charge in [0.15, 0.2) is 0 Å². The Morgan fingerprint density at radius 1 is 0.607 bits per heavy atom. The largest absolute Gasteiger partial charge is 0.367 e. The summed E-state index contributed by atoms with van der Waals surface area (Å²) in [5.74, 6) is -1.10. The van der Waals surface area contributed by atoms with Crippen molar-refractivity contribution in [2.75, 3.05) is 13.2 Å². The molecule has 4 nitrogen and oxygen atoms in total. The van der Waals surface area contributed by atoms with Crippen molar-refractivity contribution in [3.63, 3.8) is 0 Å². The van der Waals surface area contributed by atoms with Gasteiger partial charge in [0.2, 0.25) is 0 Å². The molecule has 0 bridgehead atoms. The number of unbranched alkanes of at least 4 members (excludes halogenated alkanes) is 7. The molecule has 0 heterocycles. The smallest absolute Gasteiger partial charge is 0.311 e. The van der Waals surface area contributed by atoms with Crippen LogP contribution < -0.4 is 0 Å². The highest BCUT2D eigenvalue weighted by molar-refractivity contribution is 4.75. The molecular weight excluding hydrogens is 352 g/mol. The number of hydrogen-bond donors (Lipinski definition) is 0. The van der Waals surface area contributed by atoms with Crippen molar-refractivity contribution in [1.29, 1.82) is 0 Å². The van der Waals surface area contributed by atoms with Crippen LogP contribution in [0.5, 0.6) is 0 Å². The minimum Gasteiger partial charge on any atom is -0.367 e. The van der Waals surface area contributed by atoms with E-state index in [2.05, 4.69) is 34.6 Å². The first kappa shape index (κ1) is 27.8. The van der Waals surface area contributed by atoms with Crippen molar-refractivity contribution in [3.05, 3.63) is 0 Å². The highest BCUT2D eigenvalue weighted by Crippen LogP contribution is 2.30. The molecule has 0 aromatic rings. The average molecular weight is 403 g/mol. The van der Waals surface area contributed by atoms with Crippen LogP contribution in [-0.2, 0) is 18.9 Å². The minimum atomic E-state index is -1.10. The van der Waals surface area contributed by atoms with Crippen LogP contribution >= 0.6 is 0 Å². The fourth-order valence-electron chi connectivity index (χ4n) is 3.18. The summed E-state index contributed by atoms with van der Waals surface area (Å²) >= 11 is 0. The monoisotopic (exact) mass is 402 g/mol. The van der Waals surface area contributed by atoms with Gasteiger partial charge in [0.05, 0.1) is 25.4 Å². The van der Waals surface area contributed by atoms with Crippen molar-refractivity contribution in [2.45, 2.75) is 143 Å². The van der Waals surface area contributed by atoms with E-state index in [0.29, 0.717) is 13.2 Å². The summed E-state index contributed by atoms with van der Waals surface area (Å²) in [6.07, 6.45) is 12.5. The van der Waals surface area contributed by atoms with Gasteiger partial charge >= 0.3 is 5.97 Å². The standard InChI is InChI=1S/C24H50O4/c1-8-11-14-15-16-17-18-23(27-21(4)5)24(28-22(6)7,25-19-12-9-2)26-20-13-10-3/h21-23H,8-20H2,1-7H3. The molecule has 0 aliphatic carbocycles. The van der Waals surface area contributed by atoms with E-state index >= 15 is 0 Å². The Balaban J connectivity index is 5.23. The molecule has 0 spiro atoms. The van der Waals surface area contributed by atoms with Crippen LogP contribution in [0.25, 0.3) is 0 Å². The zero-order chi connectivity index (χ0) is 21.3. The van der Waals surface area contributed by atoms with Gasteiger partial charge < -0.3 is 18.9 Å². The average Bonchev–Trinajstić information content (AvgIpc) is 2.63. The van der Waals surface area contributed by atoms with E-state index in [4.69, 9.17) is 18.9 Å². The topological polar surface area (TPSA) is 36.9 Å². The third-order valence-corrected chi connectivity index (χ3v) is 4.65. The second-order valence-electron chi connectivity index (χ2n) is 8.40. The zero-order valence-corrected chi connectivity index (χ0v) is 20.1. The fraction of sp³-hybridized carbons (Fsp3) is 1.00. The summed E-state index contributed by atoms with van der Waals surface area (Å²) in [6.45, 7) is 16.1. The van der Waals surface area contributed by atoms with Crippen LogP contribution in [0.2, 0.25) is 0 Å². The van der Waals surface area contributed by atoms with Crippen molar-refractivity contribution >= 4 is 0 Å². The SMILES string of the molecule is CCCCCCCCC(OC(C)C)C(OCCCC)(OCCCC)OC(C)C. The molecule has 0 saturated carbocycles. The van der Waals surface area contributed by atoms with Crippen LogP contribution in [0.15, 0.2) is 0 Å². The van der Waals surface area contributed by atoms with E-state index in [1.165, 1.54) is 32.1 Å². The molecule has 28 heavy (non-hydrogen) atoms. The number of ether oxygens (including phenoxy) is 4. The normalized spacial score (nSPS) is 13.6. The third-order valence-electron chi connectivity index (χ3n) is 4.65. The Morgan fingerprint density at radius 2 is 1.11 bits per heavy atom. The molecule has 0 amide bonds. The van der Waals surface area contributed by atoms with E-state index in [-0.39, 0.29) is 18.3 Å². The molecule has 1 unspecified atom stereocenters. The van der Waals surface area contributed by atoms with Crippen molar-refractivity contribution in [1.82, 2.24) is 0 Å². The summed E-state index contributed by atoms with van der Waals surface area (Å²) in [7, 11) is 0. The van der Waals surface area contributed by atoms with Crippen LogP contribution in [0.3, 0.4) is 0 Å². The molecule has 0 aromatic heterocycles. The first-order valence-corrected chi connectivity index (χ1v) is 12.0. The summed E-state index contributed by atoms with van der Waals surface area (Å²) in [5.41, 5.74) is 0. The Hall–Kier alpha value is -0.160. The molecule has 0 aliphatic rings. The van der Waals surface area contributed by atoms with Gasteiger partial charge in [-0.1, -0.05) is 72.1 Å². The summed E-state index contributed by atoms with van der Waals surface area (Å²) in [6, 6.07) is 0. The van der Waals surface area contributed by atoms with Gasteiger partial charge in [-0.05, 0) is 47.0 Å². The molecule has 0 rings (SSSR count). The van der Waals surface area contributed by atoms with E-state index < -0.39 is 5.97 Å². The number of hydrogen-bond acceptors (Lipinski definition) is 4. The maximum absolute atomic E-state index is 6.33. The Bertz CT molecular complexity index is 321. The molecule has 0 fully saturated rings. The molecule has 0 radical (unpaired) electrons. The van der Waals surface area contributed by atoms with Crippen molar-refractivity contribution < 1.29 is 18.9 Å². The van der Waals surface area contributed by atoms with Crippen LogP contribution in [0.1, 0.15) is 119 Å². The molecule has 0 N–H and O–H groups in total. The number of rotatable bonds is 20. The van der Waals surface area contributed by atoms with Gasteiger partial charge in [0.25, 0.3) is 0 Å². The van der Waals surface area contributed by atoms with Crippen molar-refractivity contribution in [2.24, 2.45) is 0 Å². The summed E-state index contributed by atoms with van der Waals surface area (Å²) in [5, 5.41) is 0. The quantitative estimate of drug-likeness (QED) is 0.159. The first-order valence-electron chi connectivity index (χ1n) is 12.0. The lowest BCUT2D eigenvalue weighted by molar-refractivity contribution is -0.429. The molecule has 0 aliphatic heterocycles. The van der Waals surface area contributed by atoms with Gasteiger partial charge in [-0.2, -0.15) is 0 Å². The molecule has 4 heteroatoms. The van der Waals surface area contributed by atoms with E-state index in [1.54, 1.807) is 0 Å². The fourth-order valence-corrected chi connectivity index (χ4v) is 3.18. The molecule has 1 atom stereocenters. The second kappa shape index (κ2) is 17.7. The van der Waals surface area contributed by atoms with Crippen LogP contribution in [-0.4, -0.2) is 37.5 Å². The van der Waals surface area contributed by atoms with Gasteiger partial charge in [-0.15, -0.1) is 0 Å². The Morgan fingerprint density at radius 3 is 1.57 bits per heavy atom. The van der Waals surface area contributed by atoms with E-state index in [9.17, 15) is 0 Å². The zero-order valence-electron chi connectivity index (χ0n) is 20.1. The highest BCUT2D eigenvalue weighted by atomic mass is 16.9. The van der Waals surface area contributed by atoms with Crippen molar-refractivity contribution in [3.8, 4) is 0 Å². The predicted octanol–water partition coefficient (Wildman–Crippen LogP) is 7.24. The Labute approximate surface area is 176 Å². The van der Waals surface area contributed by atoms with Crippen LogP contribution in [0.4, 0.5) is 0 Å². The molecular formula is C24H50O4. The molecule has 170 valence electrons. The molecule has 0 saturated heterocycles. The first-order chi connectivity index (χ1) is 13.4. The Kier molecular flexibility index (Phi) is 17.6. The highest BCUT2D eigenvalue weighted by Gasteiger charge is 2.45. The van der Waals surface area contributed by atoms with E-state index in [0.717, 1.165) is 38.5 Å². The third kappa shape index (κ3) is 13.1. The van der Waals surface area contributed by atoms with Gasteiger partial charge in [0.1, 0.15) is 6.10 Å². The second-order valence-corrected chi connectivity index (χ2v) is 8.40. The maximum Gasteiger partial charge on any atom is 0.311 e. The lowest BCUT2D eigenvalue weighted by Gasteiger charge is -2.41. The lowest BCUT2D eigenvalue weighted by Crippen LogP contribution is -2.53. The summed E-state index contributed by atoms with van der Waals surface area (Å²) < 4.78 is 25.3. The van der Waals surface area contributed by atoms with Crippen LogP contribution in [0, 0.1) is 0 Å². The molecule has 0 aromatic carbocycles.